The van der Waals surface area contributed by atoms with Crippen molar-refractivity contribution < 1.29 is 27.1 Å². The zero-order valence-electron chi connectivity index (χ0n) is 21.0. The Morgan fingerprint density at radius 3 is 2.43 bits per heavy atom. The molecule has 2 aromatic carbocycles. The molecule has 0 bridgehead atoms. The zero-order valence-corrected chi connectivity index (χ0v) is 21.9. The first-order chi connectivity index (χ1) is 17.7. The van der Waals surface area contributed by atoms with Gasteiger partial charge in [-0.3, -0.25) is 8.99 Å². The highest BCUT2D eigenvalue weighted by Gasteiger charge is 2.29. The van der Waals surface area contributed by atoms with Crippen molar-refractivity contribution in [3.8, 4) is 17.2 Å². The first kappa shape index (κ1) is 26.0. The van der Waals surface area contributed by atoms with Gasteiger partial charge >= 0.3 is 5.97 Å². The van der Waals surface area contributed by atoms with Crippen LogP contribution < -0.4 is 9.04 Å². The maximum atomic E-state index is 13.3. The molecule has 0 aliphatic carbocycles. The Labute approximate surface area is 215 Å². The van der Waals surface area contributed by atoms with Gasteiger partial charge in [0, 0.05) is 25.4 Å². The number of sulfonamides is 1. The number of hydrogen-bond acceptors (Lipinski definition) is 8. The van der Waals surface area contributed by atoms with Gasteiger partial charge in [-0.2, -0.15) is 5.10 Å². The van der Waals surface area contributed by atoms with Crippen LogP contribution >= 0.6 is 0 Å². The first-order valence-corrected chi connectivity index (χ1v) is 13.2. The molecule has 2 aromatic heterocycles. The van der Waals surface area contributed by atoms with Crippen molar-refractivity contribution in [1.29, 1.82) is 0 Å². The summed E-state index contributed by atoms with van der Waals surface area (Å²) in [6, 6.07) is 15.6. The molecule has 4 aromatic rings. The summed E-state index contributed by atoms with van der Waals surface area (Å²) >= 11 is 0. The largest absolute Gasteiger partial charge is 0.487 e. The summed E-state index contributed by atoms with van der Waals surface area (Å²) in [5.74, 6) is 0.975. The molecule has 0 aliphatic rings. The average molecular weight is 525 g/mol. The molecule has 0 atom stereocenters. The Morgan fingerprint density at radius 1 is 1.08 bits per heavy atom. The number of carbonyl (C=O) groups excluding carboxylic acids is 1. The molecule has 0 spiro atoms. The number of aryl methyl sites for hydroxylation is 2. The fourth-order valence-corrected chi connectivity index (χ4v) is 4.72. The molecule has 4 rings (SSSR count). The number of aromatic nitrogens is 3. The van der Waals surface area contributed by atoms with E-state index in [1.165, 1.54) is 30.1 Å². The number of nitrogens with zero attached hydrogens (tertiary/aromatic N) is 4. The second-order valence-corrected chi connectivity index (χ2v) is 10.0. The van der Waals surface area contributed by atoms with Crippen LogP contribution in [0.2, 0.25) is 0 Å². The van der Waals surface area contributed by atoms with Crippen LogP contribution in [-0.2, 0) is 27.9 Å². The fraction of sp³-hybridized carbons (Fsp3) is 0.269. The number of esters is 1. The smallest absolute Gasteiger partial charge is 0.343 e. The van der Waals surface area contributed by atoms with Gasteiger partial charge in [0.25, 0.3) is 10.0 Å². The van der Waals surface area contributed by atoms with Crippen LogP contribution in [0.5, 0.6) is 5.75 Å². The van der Waals surface area contributed by atoms with Crippen molar-refractivity contribution in [3.63, 3.8) is 0 Å². The molecule has 11 heteroatoms. The molecule has 0 radical (unpaired) electrons. The minimum absolute atomic E-state index is 0.00338. The van der Waals surface area contributed by atoms with Gasteiger partial charge in [0.15, 0.2) is 5.82 Å². The highest BCUT2D eigenvalue weighted by Crippen LogP contribution is 2.27. The van der Waals surface area contributed by atoms with E-state index in [9.17, 15) is 13.2 Å². The molecule has 0 unspecified atom stereocenters. The summed E-state index contributed by atoms with van der Waals surface area (Å²) in [6.07, 6.45) is 1.48. The monoisotopic (exact) mass is 524 g/mol. The lowest BCUT2D eigenvalue weighted by atomic mass is 10.2. The predicted octanol–water partition coefficient (Wildman–Crippen LogP) is 4.45. The number of rotatable bonds is 10. The van der Waals surface area contributed by atoms with E-state index < -0.39 is 16.0 Å². The SMILES string of the molecule is CCOC(=O)c1cn(CC)nc1N(C)S(=O)(=O)c1ccc(OCc2nc(-c3ccccc3)oc2C)cc1. The van der Waals surface area contributed by atoms with E-state index >= 15 is 0 Å². The van der Waals surface area contributed by atoms with Gasteiger partial charge in [0.05, 0.1) is 11.5 Å². The third-order valence-electron chi connectivity index (χ3n) is 5.63. The predicted molar refractivity (Wildman–Crippen MR) is 137 cm³/mol. The second-order valence-electron chi connectivity index (χ2n) is 8.06. The molecular formula is C26H28N4O6S. The van der Waals surface area contributed by atoms with Crippen LogP contribution in [0.15, 0.2) is 70.1 Å². The zero-order chi connectivity index (χ0) is 26.6. The van der Waals surface area contributed by atoms with Crippen LogP contribution in [0.25, 0.3) is 11.5 Å². The molecule has 2 heterocycles. The number of oxazole rings is 1. The summed E-state index contributed by atoms with van der Waals surface area (Å²) in [7, 11) is -2.66. The van der Waals surface area contributed by atoms with Crippen molar-refractivity contribution >= 4 is 21.8 Å². The number of benzene rings is 2. The summed E-state index contributed by atoms with van der Waals surface area (Å²) in [6.45, 7) is 6.11. The lowest BCUT2D eigenvalue weighted by molar-refractivity contribution is 0.0527. The van der Waals surface area contributed by atoms with Crippen molar-refractivity contribution in [2.24, 2.45) is 0 Å². The Morgan fingerprint density at radius 2 is 1.78 bits per heavy atom. The maximum Gasteiger partial charge on any atom is 0.343 e. The Balaban J connectivity index is 1.49. The van der Waals surface area contributed by atoms with Crippen LogP contribution in [0.3, 0.4) is 0 Å². The minimum atomic E-state index is -4.01. The summed E-state index contributed by atoms with van der Waals surface area (Å²) in [5, 5.41) is 4.26. The molecule has 0 saturated heterocycles. The Kier molecular flexibility index (Phi) is 7.63. The van der Waals surface area contributed by atoms with Crippen LogP contribution in [0.1, 0.15) is 35.7 Å². The lowest BCUT2D eigenvalue weighted by Gasteiger charge is -2.18. The van der Waals surface area contributed by atoms with Gasteiger partial charge < -0.3 is 13.9 Å². The number of hydrogen-bond donors (Lipinski definition) is 0. The number of ether oxygens (including phenoxy) is 2. The van der Waals surface area contributed by atoms with Crippen molar-refractivity contribution in [2.75, 3.05) is 18.0 Å². The molecule has 0 saturated carbocycles. The van der Waals surface area contributed by atoms with E-state index in [0.29, 0.717) is 29.6 Å². The highest BCUT2D eigenvalue weighted by atomic mass is 32.2. The molecule has 37 heavy (non-hydrogen) atoms. The van der Waals surface area contributed by atoms with E-state index in [1.807, 2.05) is 44.2 Å². The van der Waals surface area contributed by atoms with Gasteiger partial charge in [0.1, 0.15) is 29.4 Å². The van der Waals surface area contributed by atoms with Crippen molar-refractivity contribution in [1.82, 2.24) is 14.8 Å². The number of carbonyl (C=O) groups is 1. The highest BCUT2D eigenvalue weighted by molar-refractivity contribution is 7.92. The molecule has 0 aliphatic heterocycles. The van der Waals surface area contributed by atoms with Gasteiger partial charge in [0.2, 0.25) is 5.89 Å². The molecular weight excluding hydrogens is 496 g/mol. The summed E-state index contributed by atoms with van der Waals surface area (Å²) in [5.41, 5.74) is 1.59. The number of anilines is 1. The maximum absolute atomic E-state index is 13.3. The Bertz CT molecular complexity index is 1480. The third kappa shape index (κ3) is 5.51. The molecule has 0 fully saturated rings. The van der Waals surface area contributed by atoms with Crippen molar-refractivity contribution in [3.05, 3.63) is 77.8 Å². The first-order valence-electron chi connectivity index (χ1n) is 11.7. The molecule has 10 nitrogen and oxygen atoms in total. The van der Waals surface area contributed by atoms with E-state index in [-0.39, 0.29) is 29.5 Å². The normalized spacial score (nSPS) is 11.4. The van der Waals surface area contributed by atoms with Gasteiger partial charge in [-0.1, -0.05) is 18.2 Å². The van der Waals surface area contributed by atoms with Gasteiger partial charge in [-0.05, 0) is 57.2 Å². The van der Waals surface area contributed by atoms with E-state index in [2.05, 4.69) is 10.1 Å². The van der Waals surface area contributed by atoms with E-state index in [0.717, 1.165) is 9.87 Å². The Hall–Kier alpha value is -4.12. The average Bonchev–Trinajstić information content (AvgIpc) is 3.51. The summed E-state index contributed by atoms with van der Waals surface area (Å²) in [4.78, 5) is 16.9. The molecule has 194 valence electrons. The van der Waals surface area contributed by atoms with Crippen LogP contribution in [0, 0.1) is 6.92 Å². The second kappa shape index (κ2) is 10.9. The quantitative estimate of drug-likeness (QED) is 0.279. The standard InChI is InChI=1S/C26H28N4O6S/c1-5-30-16-22(26(31)34-6-2)24(28-30)29(4)37(32,33)21-14-12-20(13-15-21)35-17-23-18(3)36-25(27-23)19-10-8-7-9-11-19/h7-16H,5-6,17H2,1-4H3. The molecule has 0 N–H and O–H groups in total. The van der Waals surface area contributed by atoms with Gasteiger partial charge in [-0.25, -0.2) is 18.2 Å². The minimum Gasteiger partial charge on any atom is -0.487 e. The van der Waals surface area contributed by atoms with Crippen LogP contribution in [-0.4, -0.2) is 42.8 Å². The topological polar surface area (TPSA) is 117 Å². The summed E-state index contributed by atoms with van der Waals surface area (Å²) < 4.78 is 45.7. The molecule has 0 amide bonds. The fourth-order valence-electron chi connectivity index (χ4n) is 3.56. The van der Waals surface area contributed by atoms with Crippen LogP contribution in [0.4, 0.5) is 5.82 Å². The van der Waals surface area contributed by atoms with E-state index in [1.54, 1.807) is 19.1 Å². The van der Waals surface area contributed by atoms with Gasteiger partial charge in [-0.15, -0.1) is 0 Å². The third-order valence-corrected chi connectivity index (χ3v) is 7.39. The lowest BCUT2D eigenvalue weighted by Crippen LogP contribution is -2.28. The van der Waals surface area contributed by atoms with E-state index in [4.69, 9.17) is 13.9 Å². The van der Waals surface area contributed by atoms with Crippen molar-refractivity contribution in [2.45, 2.75) is 38.8 Å².